The molecule has 0 unspecified atom stereocenters. The second-order valence-electron chi connectivity index (χ2n) is 6.38. The number of nitrogens with zero attached hydrogens (tertiary/aromatic N) is 2. The summed E-state index contributed by atoms with van der Waals surface area (Å²) in [4.78, 5) is 4.72. The number of oxime groups is 1. The molecule has 12 heteroatoms. The van der Waals surface area contributed by atoms with Gasteiger partial charge >= 0.3 is 10.2 Å². The van der Waals surface area contributed by atoms with E-state index < -0.39 is 21.8 Å². The van der Waals surface area contributed by atoms with Crippen molar-refractivity contribution < 1.29 is 22.0 Å². The van der Waals surface area contributed by atoms with Crippen LogP contribution >= 0.6 is 34.2 Å². The standard InChI is InChI=1S/C18H18ClF2IN4O3S/c1-29-24-12-6-8-26(9-7-12)30(27,28)25-16-5-3-14(20)17(21)18(16)23-15-4-2-11(22)10-13(15)19/h2-5,10,23,25H,6-9H2,1H3. The fourth-order valence-electron chi connectivity index (χ4n) is 2.89. The number of nitrogens with one attached hydrogen (secondary N) is 2. The average Bonchev–Trinajstić information content (AvgIpc) is 2.70. The molecule has 1 saturated heterocycles. The maximum absolute atomic E-state index is 14.6. The molecule has 0 radical (unpaired) electrons. The maximum atomic E-state index is 14.6. The van der Waals surface area contributed by atoms with E-state index in [2.05, 4.69) is 37.8 Å². The largest absolute Gasteiger partial charge is 0.399 e. The van der Waals surface area contributed by atoms with Gasteiger partial charge in [0.05, 0.1) is 22.1 Å². The summed E-state index contributed by atoms with van der Waals surface area (Å²) < 4.78 is 58.4. The second kappa shape index (κ2) is 9.62. The Labute approximate surface area is 191 Å². The number of anilines is 3. The lowest BCUT2D eigenvalue weighted by atomic mass is 10.1. The molecular weight excluding hydrogens is 553 g/mol. The van der Waals surface area contributed by atoms with Gasteiger partial charge in [-0.05, 0) is 52.9 Å². The lowest BCUT2D eigenvalue weighted by Crippen LogP contribution is -2.41. The summed E-state index contributed by atoms with van der Waals surface area (Å²) in [6, 6.07) is 6.96. The zero-order chi connectivity index (χ0) is 21.9. The highest BCUT2D eigenvalue weighted by atomic mass is 127. The van der Waals surface area contributed by atoms with Crippen molar-refractivity contribution in [2.45, 2.75) is 12.8 Å². The Morgan fingerprint density at radius 2 is 1.83 bits per heavy atom. The van der Waals surface area contributed by atoms with Crippen LogP contribution in [0.1, 0.15) is 12.8 Å². The van der Waals surface area contributed by atoms with E-state index in [0.29, 0.717) is 18.5 Å². The summed E-state index contributed by atoms with van der Waals surface area (Å²) in [7, 11) is -2.59. The summed E-state index contributed by atoms with van der Waals surface area (Å²) in [5, 5.41) is 6.81. The molecule has 0 saturated carbocycles. The van der Waals surface area contributed by atoms with Gasteiger partial charge in [-0.3, -0.25) is 4.72 Å². The Bertz CT molecular complexity index is 1080. The first-order valence-electron chi connectivity index (χ1n) is 8.78. The first-order chi connectivity index (χ1) is 14.2. The minimum Gasteiger partial charge on any atom is -0.399 e. The predicted octanol–water partition coefficient (Wildman–Crippen LogP) is 4.72. The van der Waals surface area contributed by atoms with E-state index in [1.54, 1.807) is 18.2 Å². The van der Waals surface area contributed by atoms with Crippen molar-refractivity contribution in [1.82, 2.24) is 4.31 Å². The van der Waals surface area contributed by atoms with Crippen LogP contribution in [0.2, 0.25) is 5.02 Å². The minimum atomic E-state index is -4.01. The normalized spacial score (nSPS) is 15.0. The Hall–Kier alpha value is -1.70. The smallest absolute Gasteiger partial charge is 0.301 e. The van der Waals surface area contributed by atoms with Crippen molar-refractivity contribution in [1.29, 1.82) is 0 Å². The molecular formula is C18H18ClF2IN4O3S. The Morgan fingerprint density at radius 3 is 2.47 bits per heavy atom. The molecule has 30 heavy (non-hydrogen) atoms. The summed E-state index contributed by atoms with van der Waals surface area (Å²) >= 11 is 8.23. The molecule has 2 aromatic rings. The van der Waals surface area contributed by atoms with Gasteiger partial charge in [0.15, 0.2) is 11.6 Å². The van der Waals surface area contributed by atoms with Crippen molar-refractivity contribution in [3.8, 4) is 0 Å². The quantitative estimate of drug-likeness (QED) is 0.389. The van der Waals surface area contributed by atoms with Crippen LogP contribution in [0.5, 0.6) is 0 Å². The molecule has 0 amide bonds. The van der Waals surface area contributed by atoms with Crippen molar-refractivity contribution in [3.05, 3.63) is 50.6 Å². The van der Waals surface area contributed by atoms with Crippen LogP contribution in [0.3, 0.4) is 0 Å². The average molecular weight is 571 g/mol. The number of rotatable bonds is 6. The molecule has 1 aliphatic heterocycles. The molecule has 1 heterocycles. The third-order valence-corrected chi connectivity index (χ3v) is 6.89. The van der Waals surface area contributed by atoms with Gasteiger partial charge in [-0.1, -0.05) is 16.8 Å². The summed E-state index contributed by atoms with van der Waals surface area (Å²) in [6.45, 7) is 0.375. The molecule has 7 nitrogen and oxygen atoms in total. The van der Waals surface area contributed by atoms with Gasteiger partial charge in [0.25, 0.3) is 0 Å². The van der Waals surface area contributed by atoms with Crippen molar-refractivity contribution in [3.63, 3.8) is 0 Å². The van der Waals surface area contributed by atoms with Crippen molar-refractivity contribution in [2.75, 3.05) is 30.2 Å². The zero-order valence-corrected chi connectivity index (χ0v) is 19.5. The van der Waals surface area contributed by atoms with Crippen molar-refractivity contribution >= 4 is 67.2 Å². The van der Waals surface area contributed by atoms with Crippen LogP contribution in [-0.2, 0) is 15.0 Å². The summed E-state index contributed by atoms with van der Waals surface area (Å²) in [5.41, 5.74) is 0.563. The molecule has 0 aromatic heterocycles. The summed E-state index contributed by atoms with van der Waals surface area (Å²) in [6.07, 6.45) is 0.825. The van der Waals surface area contributed by atoms with Crippen LogP contribution in [0.25, 0.3) is 0 Å². The second-order valence-corrected chi connectivity index (χ2v) is 9.70. The Kier molecular flexibility index (Phi) is 7.37. The van der Waals surface area contributed by atoms with Gasteiger partial charge in [0, 0.05) is 29.5 Å². The van der Waals surface area contributed by atoms with Crippen LogP contribution in [0.15, 0.2) is 35.5 Å². The van der Waals surface area contributed by atoms with Gasteiger partial charge in [0.1, 0.15) is 12.8 Å². The first-order valence-corrected chi connectivity index (χ1v) is 11.7. The number of hydrogen-bond acceptors (Lipinski definition) is 5. The van der Waals surface area contributed by atoms with E-state index in [0.717, 1.165) is 21.4 Å². The number of halogens is 4. The zero-order valence-electron chi connectivity index (χ0n) is 15.8. The van der Waals surface area contributed by atoms with Crippen LogP contribution in [0.4, 0.5) is 25.8 Å². The van der Waals surface area contributed by atoms with E-state index in [4.69, 9.17) is 16.4 Å². The van der Waals surface area contributed by atoms with E-state index in [9.17, 15) is 17.2 Å². The van der Waals surface area contributed by atoms with Crippen LogP contribution in [-0.4, -0.2) is 38.6 Å². The Balaban J connectivity index is 1.87. The highest BCUT2D eigenvalue weighted by Gasteiger charge is 2.28. The fraction of sp³-hybridized carbons (Fsp3) is 0.278. The van der Waals surface area contributed by atoms with Crippen LogP contribution in [0, 0.1) is 15.2 Å². The maximum Gasteiger partial charge on any atom is 0.301 e. The SMILES string of the molecule is CON=C1CCN(S(=O)(=O)Nc2ccc(F)c(F)c2Nc2ccc(I)cc2Cl)CC1. The number of benzene rings is 2. The van der Waals surface area contributed by atoms with E-state index in [1.165, 1.54) is 11.4 Å². The third-order valence-electron chi connectivity index (χ3n) is 4.38. The first kappa shape index (κ1) is 23.0. The highest BCUT2D eigenvalue weighted by Crippen LogP contribution is 2.34. The lowest BCUT2D eigenvalue weighted by molar-refractivity contribution is 0.209. The Morgan fingerprint density at radius 1 is 1.17 bits per heavy atom. The third kappa shape index (κ3) is 5.31. The molecule has 0 spiro atoms. The molecule has 162 valence electrons. The monoisotopic (exact) mass is 570 g/mol. The molecule has 1 aliphatic rings. The van der Waals surface area contributed by atoms with Gasteiger partial charge in [-0.25, -0.2) is 8.78 Å². The van der Waals surface area contributed by atoms with E-state index >= 15 is 0 Å². The van der Waals surface area contributed by atoms with Gasteiger partial charge in [0.2, 0.25) is 0 Å². The minimum absolute atomic E-state index is 0.139. The molecule has 0 atom stereocenters. The summed E-state index contributed by atoms with van der Waals surface area (Å²) in [5.74, 6) is -2.35. The van der Waals surface area contributed by atoms with Gasteiger partial charge < -0.3 is 10.2 Å². The van der Waals surface area contributed by atoms with Gasteiger partial charge in [-0.2, -0.15) is 12.7 Å². The molecule has 1 fully saturated rings. The number of piperidine rings is 1. The van der Waals surface area contributed by atoms with E-state index in [1.807, 2.05) is 0 Å². The molecule has 3 rings (SSSR count). The molecule has 0 bridgehead atoms. The predicted molar refractivity (Wildman–Crippen MR) is 122 cm³/mol. The molecule has 2 N–H and O–H groups in total. The lowest BCUT2D eigenvalue weighted by Gasteiger charge is -2.27. The van der Waals surface area contributed by atoms with Crippen molar-refractivity contribution in [2.24, 2.45) is 5.16 Å². The molecule has 0 aliphatic carbocycles. The molecule has 2 aromatic carbocycles. The van der Waals surface area contributed by atoms with Crippen LogP contribution < -0.4 is 10.0 Å². The topological polar surface area (TPSA) is 83.0 Å². The van der Waals surface area contributed by atoms with E-state index in [-0.39, 0.29) is 29.5 Å². The highest BCUT2D eigenvalue weighted by molar-refractivity contribution is 14.1. The van der Waals surface area contributed by atoms with Gasteiger partial charge in [-0.15, -0.1) is 0 Å². The number of hydrogen-bond donors (Lipinski definition) is 2. The fourth-order valence-corrected chi connectivity index (χ4v) is 5.04.